The second kappa shape index (κ2) is 7.58. The van der Waals surface area contributed by atoms with Crippen LogP contribution in [0, 0.1) is 5.92 Å². The van der Waals surface area contributed by atoms with Crippen molar-refractivity contribution in [1.29, 1.82) is 0 Å². The van der Waals surface area contributed by atoms with Crippen LogP contribution in [0.1, 0.15) is 13.8 Å². The monoisotopic (exact) mass is 219 g/mol. The van der Waals surface area contributed by atoms with Gasteiger partial charge in [-0.25, -0.2) is 5.84 Å². The molecule has 0 aliphatic carbocycles. The second-order valence-corrected chi connectivity index (χ2v) is 3.52. The maximum absolute atomic E-state index is 11.3. The molecule has 0 aromatic heterocycles. The van der Waals surface area contributed by atoms with Crippen LogP contribution in [-0.2, 0) is 4.79 Å². The predicted octanol–water partition coefficient (Wildman–Crippen LogP) is -1.71. The molecule has 0 spiro atoms. The summed E-state index contributed by atoms with van der Waals surface area (Å²) in [6, 6.07) is -0.0761. The number of nitrogens with two attached hydrogens (primary N) is 1. The molecule has 0 aliphatic heterocycles. The summed E-state index contributed by atoms with van der Waals surface area (Å²) in [6.07, 6.45) is 0. The molecule has 0 aromatic rings. The molecule has 0 bridgehead atoms. The molecule has 2 atom stereocenters. The molecule has 0 aromatic carbocycles. The van der Waals surface area contributed by atoms with Crippen molar-refractivity contribution >= 4 is 5.91 Å². The average Bonchev–Trinajstić information content (AvgIpc) is 2.25. The van der Waals surface area contributed by atoms with Crippen LogP contribution in [0.25, 0.3) is 0 Å². The van der Waals surface area contributed by atoms with Crippen molar-refractivity contribution in [2.45, 2.75) is 19.9 Å². The Morgan fingerprint density at radius 1 is 1.33 bits per heavy atom. The Morgan fingerprint density at radius 3 is 2.13 bits per heavy atom. The number of hydrogen-bond donors (Lipinski definition) is 4. The van der Waals surface area contributed by atoms with Gasteiger partial charge in [-0.1, -0.05) is 6.92 Å². The zero-order chi connectivity index (χ0) is 11.8. The van der Waals surface area contributed by atoms with E-state index in [4.69, 9.17) is 16.1 Å². The lowest BCUT2D eigenvalue weighted by Crippen LogP contribution is -2.47. The Labute approximate surface area is 90.0 Å². The summed E-state index contributed by atoms with van der Waals surface area (Å²) in [5.41, 5.74) is 2.09. The molecule has 0 saturated heterocycles. The van der Waals surface area contributed by atoms with Crippen molar-refractivity contribution in [1.82, 2.24) is 10.3 Å². The van der Waals surface area contributed by atoms with E-state index in [1.807, 2.05) is 11.8 Å². The van der Waals surface area contributed by atoms with Gasteiger partial charge in [0.15, 0.2) is 0 Å². The maximum Gasteiger partial charge on any atom is 0.238 e. The van der Waals surface area contributed by atoms with Crippen LogP contribution in [-0.4, -0.2) is 53.4 Å². The van der Waals surface area contributed by atoms with Crippen molar-refractivity contribution < 1.29 is 15.0 Å². The number of rotatable bonds is 7. The van der Waals surface area contributed by atoms with E-state index < -0.39 is 0 Å². The lowest BCUT2D eigenvalue weighted by Gasteiger charge is -2.31. The van der Waals surface area contributed by atoms with Gasteiger partial charge < -0.3 is 10.2 Å². The van der Waals surface area contributed by atoms with E-state index in [-0.39, 0.29) is 31.1 Å². The Hall–Kier alpha value is -0.690. The SMILES string of the molecule is CC(C(=O)NN)C(C)N(CCO)CCO. The van der Waals surface area contributed by atoms with Gasteiger partial charge in [-0.2, -0.15) is 0 Å². The molecular weight excluding hydrogens is 198 g/mol. The van der Waals surface area contributed by atoms with Gasteiger partial charge in [0.25, 0.3) is 0 Å². The van der Waals surface area contributed by atoms with E-state index >= 15 is 0 Å². The number of hydrazine groups is 1. The van der Waals surface area contributed by atoms with E-state index in [0.29, 0.717) is 13.1 Å². The van der Waals surface area contributed by atoms with Gasteiger partial charge in [0.1, 0.15) is 0 Å². The molecule has 2 unspecified atom stereocenters. The van der Waals surface area contributed by atoms with Crippen LogP contribution in [0.5, 0.6) is 0 Å². The van der Waals surface area contributed by atoms with Crippen LogP contribution < -0.4 is 11.3 Å². The van der Waals surface area contributed by atoms with Crippen LogP contribution in [0.15, 0.2) is 0 Å². The molecule has 0 fully saturated rings. The highest BCUT2D eigenvalue weighted by molar-refractivity contribution is 5.78. The molecule has 0 aliphatic rings. The summed E-state index contributed by atoms with van der Waals surface area (Å²) in [4.78, 5) is 13.1. The molecule has 0 saturated carbocycles. The van der Waals surface area contributed by atoms with Gasteiger partial charge in [-0.15, -0.1) is 0 Å². The standard InChI is InChI=1S/C9H21N3O3/c1-7(9(15)11-10)8(2)12(3-5-13)4-6-14/h7-8,13-14H,3-6,10H2,1-2H3,(H,11,15). The number of nitrogens with zero attached hydrogens (tertiary/aromatic N) is 1. The van der Waals surface area contributed by atoms with Crippen LogP contribution in [0.4, 0.5) is 0 Å². The molecule has 90 valence electrons. The fraction of sp³-hybridized carbons (Fsp3) is 0.889. The lowest BCUT2D eigenvalue weighted by molar-refractivity contribution is -0.126. The predicted molar refractivity (Wildman–Crippen MR) is 56.7 cm³/mol. The Balaban J connectivity index is 4.32. The first-order chi connectivity index (χ1) is 7.08. The Kier molecular flexibility index (Phi) is 7.23. The third-order valence-corrected chi connectivity index (χ3v) is 2.63. The highest BCUT2D eigenvalue weighted by Gasteiger charge is 2.24. The van der Waals surface area contributed by atoms with E-state index in [2.05, 4.69) is 5.43 Å². The van der Waals surface area contributed by atoms with Gasteiger partial charge in [0, 0.05) is 19.1 Å². The van der Waals surface area contributed by atoms with Gasteiger partial charge >= 0.3 is 0 Å². The van der Waals surface area contributed by atoms with Gasteiger partial charge in [-0.3, -0.25) is 15.1 Å². The number of nitrogens with one attached hydrogen (secondary N) is 1. The Bertz CT molecular complexity index is 183. The zero-order valence-electron chi connectivity index (χ0n) is 9.31. The van der Waals surface area contributed by atoms with E-state index in [1.165, 1.54) is 0 Å². The molecule has 1 amide bonds. The molecular formula is C9H21N3O3. The summed E-state index contributed by atoms with van der Waals surface area (Å²) in [5, 5.41) is 17.7. The van der Waals surface area contributed by atoms with Crippen LogP contribution in [0.2, 0.25) is 0 Å². The largest absolute Gasteiger partial charge is 0.395 e. The smallest absolute Gasteiger partial charge is 0.238 e. The highest BCUT2D eigenvalue weighted by Crippen LogP contribution is 2.10. The van der Waals surface area contributed by atoms with Crippen molar-refractivity contribution in [2.75, 3.05) is 26.3 Å². The first-order valence-corrected chi connectivity index (χ1v) is 5.04. The average molecular weight is 219 g/mol. The molecule has 0 rings (SSSR count). The van der Waals surface area contributed by atoms with E-state index in [0.717, 1.165) is 0 Å². The van der Waals surface area contributed by atoms with E-state index in [9.17, 15) is 4.79 Å². The van der Waals surface area contributed by atoms with Crippen molar-refractivity contribution in [3.63, 3.8) is 0 Å². The molecule has 6 nitrogen and oxygen atoms in total. The van der Waals surface area contributed by atoms with Gasteiger partial charge in [0.2, 0.25) is 5.91 Å². The minimum Gasteiger partial charge on any atom is -0.395 e. The normalized spacial score (nSPS) is 15.1. The molecule has 0 heterocycles. The number of aliphatic hydroxyl groups is 2. The van der Waals surface area contributed by atoms with Crippen molar-refractivity contribution in [3.05, 3.63) is 0 Å². The second-order valence-electron chi connectivity index (χ2n) is 3.52. The minimum atomic E-state index is -0.284. The van der Waals surface area contributed by atoms with E-state index in [1.54, 1.807) is 6.92 Å². The third-order valence-electron chi connectivity index (χ3n) is 2.63. The number of carbonyl (C=O) groups is 1. The number of hydrogen-bond acceptors (Lipinski definition) is 5. The fourth-order valence-corrected chi connectivity index (χ4v) is 1.44. The first kappa shape index (κ1) is 14.3. The minimum absolute atomic E-state index is 0.00129. The lowest BCUT2D eigenvalue weighted by atomic mass is 10.0. The van der Waals surface area contributed by atoms with Crippen molar-refractivity contribution in [2.24, 2.45) is 11.8 Å². The van der Waals surface area contributed by atoms with Crippen LogP contribution in [0.3, 0.4) is 0 Å². The number of amides is 1. The molecule has 5 N–H and O–H groups in total. The number of aliphatic hydroxyl groups excluding tert-OH is 2. The topological polar surface area (TPSA) is 98.8 Å². The Morgan fingerprint density at radius 2 is 1.80 bits per heavy atom. The first-order valence-electron chi connectivity index (χ1n) is 5.04. The van der Waals surface area contributed by atoms with Crippen molar-refractivity contribution in [3.8, 4) is 0 Å². The summed E-state index contributed by atoms with van der Waals surface area (Å²) < 4.78 is 0. The summed E-state index contributed by atoms with van der Waals surface area (Å²) in [7, 11) is 0. The van der Waals surface area contributed by atoms with Crippen LogP contribution >= 0.6 is 0 Å². The molecule has 0 radical (unpaired) electrons. The zero-order valence-corrected chi connectivity index (χ0v) is 9.31. The summed E-state index contributed by atoms with van der Waals surface area (Å²) in [6.45, 7) is 4.50. The number of carbonyl (C=O) groups excluding carboxylic acids is 1. The van der Waals surface area contributed by atoms with Gasteiger partial charge in [-0.05, 0) is 6.92 Å². The summed E-state index contributed by atoms with van der Waals surface area (Å²) in [5.74, 6) is 4.51. The fourth-order valence-electron chi connectivity index (χ4n) is 1.44. The molecule has 6 heteroatoms. The summed E-state index contributed by atoms with van der Waals surface area (Å²) >= 11 is 0. The molecule has 15 heavy (non-hydrogen) atoms. The quantitative estimate of drug-likeness (QED) is 0.232. The maximum atomic E-state index is 11.3. The van der Waals surface area contributed by atoms with Gasteiger partial charge in [0.05, 0.1) is 19.1 Å². The third kappa shape index (κ3) is 4.57. The highest BCUT2D eigenvalue weighted by atomic mass is 16.3.